The number of hydrogen-bond acceptors (Lipinski definition) is 8. The molecule has 0 amide bonds. The van der Waals surface area contributed by atoms with Crippen LogP contribution in [0.2, 0.25) is 0 Å². The maximum absolute atomic E-state index is 13.6. The third kappa shape index (κ3) is 4.28. The number of esters is 2. The van der Waals surface area contributed by atoms with Crippen LogP contribution >= 0.6 is 12.0 Å². The van der Waals surface area contributed by atoms with Crippen molar-refractivity contribution in [3.8, 4) is 0 Å². The third-order valence-electron chi connectivity index (χ3n) is 5.70. The van der Waals surface area contributed by atoms with Gasteiger partial charge in [-0.05, 0) is 57.3 Å². The standard InChI is InChI=1S/C17H22F2O7S/c1-10(2)13(20)24-16-6-11-3-12(7-16)5-15(4-11,8-16)9-23-14(21)17(18,19)27-26-25-22/h11-12,22H,1,3-9H2,2H3/p-1. The van der Waals surface area contributed by atoms with Crippen molar-refractivity contribution in [2.45, 2.75) is 56.3 Å². The molecule has 4 aliphatic rings. The van der Waals surface area contributed by atoms with E-state index in [1.807, 2.05) is 0 Å². The molecular weight excluding hydrogens is 386 g/mol. The van der Waals surface area contributed by atoms with Crippen LogP contribution in [0.25, 0.3) is 0 Å². The zero-order chi connectivity index (χ0) is 19.9. The number of carbonyl (C=O) groups excluding carboxylic acids is 2. The summed E-state index contributed by atoms with van der Waals surface area (Å²) in [5, 5.41) is 8.47. The lowest BCUT2D eigenvalue weighted by atomic mass is 9.48. The van der Waals surface area contributed by atoms with E-state index in [0.29, 0.717) is 23.8 Å². The lowest BCUT2D eigenvalue weighted by Gasteiger charge is -2.60. The monoisotopic (exact) mass is 407 g/mol. The summed E-state index contributed by atoms with van der Waals surface area (Å²) < 4.78 is 41.3. The smallest absolute Gasteiger partial charge is 0.415 e. The van der Waals surface area contributed by atoms with E-state index in [-0.39, 0.29) is 6.61 Å². The predicted molar refractivity (Wildman–Crippen MR) is 86.4 cm³/mol. The van der Waals surface area contributed by atoms with Gasteiger partial charge in [0.2, 0.25) is 0 Å². The van der Waals surface area contributed by atoms with Crippen molar-refractivity contribution in [1.29, 1.82) is 0 Å². The molecule has 2 unspecified atom stereocenters. The lowest BCUT2D eigenvalue weighted by Crippen LogP contribution is -2.59. The fourth-order valence-corrected chi connectivity index (χ4v) is 5.57. The van der Waals surface area contributed by atoms with Gasteiger partial charge in [-0.3, -0.25) is 5.04 Å². The number of hydrogen-bond donors (Lipinski definition) is 0. The highest BCUT2D eigenvalue weighted by Crippen LogP contribution is 2.63. The van der Waals surface area contributed by atoms with Gasteiger partial charge in [-0.25, -0.2) is 9.59 Å². The average Bonchev–Trinajstić information content (AvgIpc) is 2.56. The van der Waals surface area contributed by atoms with Gasteiger partial charge in [0.15, 0.2) is 0 Å². The Morgan fingerprint density at radius 1 is 1.26 bits per heavy atom. The summed E-state index contributed by atoms with van der Waals surface area (Å²) in [6.45, 7) is 4.99. The molecule has 10 heteroatoms. The van der Waals surface area contributed by atoms with Crippen molar-refractivity contribution in [2.24, 2.45) is 17.3 Å². The highest BCUT2D eigenvalue weighted by Gasteiger charge is 2.60. The first-order valence-corrected chi connectivity index (χ1v) is 9.41. The molecule has 0 saturated heterocycles. The zero-order valence-corrected chi connectivity index (χ0v) is 15.6. The predicted octanol–water partition coefficient (Wildman–Crippen LogP) is 2.45. The van der Waals surface area contributed by atoms with Crippen LogP contribution in [0.1, 0.15) is 45.4 Å². The molecule has 27 heavy (non-hydrogen) atoms. The van der Waals surface area contributed by atoms with Crippen molar-refractivity contribution < 1.29 is 42.5 Å². The molecule has 7 nitrogen and oxygen atoms in total. The minimum absolute atomic E-state index is 0.195. The molecule has 0 aromatic rings. The Bertz CT molecular complexity index is 625. The normalized spacial score (nSPS) is 34.4. The first-order valence-electron chi connectivity index (χ1n) is 8.67. The summed E-state index contributed by atoms with van der Waals surface area (Å²) in [4.78, 5) is 23.8. The van der Waals surface area contributed by atoms with Crippen molar-refractivity contribution in [2.75, 3.05) is 6.61 Å². The molecule has 4 fully saturated rings. The molecule has 0 aliphatic heterocycles. The second kappa shape index (κ2) is 7.31. The van der Waals surface area contributed by atoms with Gasteiger partial charge in [-0.1, -0.05) is 6.58 Å². The molecule has 0 aromatic heterocycles. The number of carbonyl (C=O) groups is 2. The Morgan fingerprint density at radius 3 is 2.44 bits per heavy atom. The minimum Gasteiger partial charge on any atom is -0.691 e. The summed E-state index contributed by atoms with van der Waals surface area (Å²) in [5.41, 5.74) is -0.835. The van der Waals surface area contributed by atoms with Crippen LogP contribution in [-0.2, 0) is 28.4 Å². The molecule has 4 aliphatic carbocycles. The van der Waals surface area contributed by atoms with E-state index < -0.39 is 40.3 Å². The van der Waals surface area contributed by atoms with Crippen molar-refractivity contribution in [3.05, 3.63) is 12.2 Å². The van der Waals surface area contributed by atoms with Crippen LogP contribution in [0.5, 0.6) is 0 Å². The summed E-state index contributed by atoms with van der Waals surface area (Å²) >= 11 is -0.707. The Morgan fingerprint density at radius 2 is 1.89 bits per heavy atom. The largest absolute Gasteiger partial charge is 0.691 e. The highest BCUT2D eigenvalue weighted by atomic mass is 32.2. The molecule has 4 rings (SSSR count). The van der Waals surface area contributed by atoms with E-state index >= 15 is 0 Å². The second-order valence-corrected chi connectivity index (χ2v) is 8.94. The van der Waals surface area contributed by atoms with Gasteiger partial charge in [0.25, 0.3) is 0 Å². The molecule has 4 bridgehead atoms. The molecule has 0 N–H and O–H groups in total. The Hall–Kier alpha value is -1.23. The van der Waals surface area contributed by atoms with Gasteiger partial charge >= 0.3 is 17.2 Å². The number of rotatable bonds is 8. The fraction of sp³-hybridized carbons (Fsp3) is 0.765. The minimum atomic E-state index is -4.06. The van der Waals surface area contributed by atoms with E-state index in [4.69, 9.17) is 9.47 Å². The van der Waals surface area contributed by atoms with Crippen molar-refractivity contribution >= 4 is 24.0 Å². The molecule has 152 valence electrons. The van der Waals surface area contributed by atoms with Crippen molar-refractivity contribution in [1.82, 2.24) is 0 Å². The zero-order valence-electron chi connectivity index (χ0n) is 14.8. The van der Waals surface area contributed by atoms with Gasteiger partial charge in [0, 0.05) is 11.0 Å². The van der Waals surface area contributed by atoms with Crippen LogP contribution in [0.15, 0.2) is 12.2 Å². The molecule has 0 spiro atoms. The highest BCUT2D eigenvalue weighted by molar-refractivity contribution is 7.96. The summed E-state index contributed by atoms with van der Waals surface area (Å²) in [6.07, 6.45) is 4.42. The maximum Gasteiger partial charge on any atom is 0.415 e. The van der Waals surface area contributed by atoms with Gasteiger partial charge in [-0.2, -0.15) is 13.1 Å². The summed E-state index contributed by atoms with van der Waals surface area (Å²) in [6, 6.07) is 0. The first-order chi connectivity index (χ1) is 12.6. The van der Waals surface area contributed by atoms with Crippen LogP contribution in [-0.4, -0.2) is 29.4 Å². The molecule has 2 atom stereocenters. The number of halogens is 2. The number of ether oxygens (including phenoxy) is 2. The average molecular weight is 407 g/mol. The van der Waals surface area contributed by atoms with Gasteiger partial charge < -0.3 is 14.7 Å². The summed E-state index contributed by atoms with van der Waals surface area (Å²) in [5.74, 6) is -1.65. The SMILES string of the molecule is C=C(C)C(=O)OC12CC3CC(CC(COC(=O)C(F)(F)SOO[O-])(C3)C1)C2. The maximum atomic E-state index is 13.6. The molecular formula is C17H21F2O7S-. The summed E-state index contributed by atoms with van der Waals surface area (Å²) in [7, 11) is 0. The van der Waals surface area contributed by atoms with E-state index in [0.717, 1.165) is 32.1 Å². The molecule has 0 radical (unpaired) electrons. The van der Waals surface area contributed by atoms with Crippen LogP contribution in [0.4, 0.5) is 8.78 Å². The van der Waals surface area contributed by atoms with Crippen LogP contribution in [0.3, 0.4) is 0 Å². The topological polar surface area (TPSA) is 94.1 Å². The first kappa shape index (κ1) is 20.5. The number of alkyl halides is 2. The van der Waals surface area contributed by atoms with E-state index in [1.165, 1.54) is 0 Å². The Kier molecular flexibility index (Phi) is 5.55. The Labute approximate surface area is 159 Å². The van der Waals surface area contributed by atoms with Gasteiger partial charge in [0.05, 0.1) is 6.61 Å². The molecule has 0 aromatic carbocycles. The van der Waals surface area contributed by atoms with E-state index in [1.54, 1.807) is 6.92 Å². The van der Waals surface area contributed by atoms with Crippen LogP contribution < -0.4 is 5.26 Å². The fourth-order valence-electron chi connectivity index (χ4n) is 5.33. The molecule has 0 heterocycles. The second-order valence-electron chi connectivity index (χ2n) is 8.13. The van der Waals surface area contributed by atoms with E-state index in [2.05, 4.69) is 16.0 Å². The van der Waals surface area contributed by atoms with Crippen molar-refractivity contribution in [3.63, 3.8) is 0 Å². The third-order valence-corrected chi connectivity index (χ3v) is 6.20. The van der Waals surface area contributed by atoms with Gasteiger partial charge in [-0.15, -0.1) is 0 Å². The van der Waals surface area contributed by atoms with Gasteiger partial charge in [0.1, 0.15) is 17.6 Å². The quantitative estimate of drug-likeness (QED) is 0.199. The van der Waals surface area contributed by atoms with Crippen LogP contribution in [0, 0.1) is 17.3 Å². The Balaban J connectivity index is 1.68. The van der Waals surface area contributed by atoms with E-state index in [9.17, 15) is 23.6 Å². The molecule has 4 saturated carbocycles. The lowest BCUT2D eigenvalue weighted by molar-refractivity contribution is -0.777.